The highest BCUT2D eigenvalue weighted by molar-refractivity contribution is 5.78. The number of hydrogen-bond acceptors (Lipinski definition) is 5. The van der Waals surface area contributed by atoms with Gasteiger partial charge >= 0.3 is 12.1 Å². The number of methoxy groups -OCH3 is 1. The van der Waals surface area contributed by atoms with Gasteiger partial charge in [0.2, 0.25) is 0 Å². The van der Waals surface area contributed by atoms with Crippen molar-refractivity contribution in [3.8, 4) is 5.75 Å². The average Bonchev–Trinajstić information content (AvgIpc) is 2.80. The lowest BCUT2D eigenvalue weighted by Crippen LogP contribution is -2.45. The molecule has 1 atom stereocenters. The number of rotatable bonds is 4. The highest BCUT2D eigenvalue weighted by Crippen LogP contribution is 2.22. The lowest BCUT2D eigenvalue weighted by molar-refractivity contribution is -0.192. The highest BCUT2D eigenvalue weighted by Gasteiger charge is 2.38. The van der Waals surface area contributed by atoms with Crippen LogP contribution in [0, 0.1) is 5.82 Å². The van der Waals surface area contributed by atoms with E-state index < -0.39 is 12.1 Å². The van der Waals surface area contributed by atoms with Crippen molar-refractivity contribution < 1.29 is 32.2 Å². The van der Waals surface area contributed by atoms with Crippen molar-refractivity contribution in [2.45, 2.75) is 18.8 Å². The average molecular weight is 481 g/mol. The molecular weight excluding hydrogens is 458 g/mol. The number of fused-ring (bicyclic) bond motifs is 1. The number of nitrogens with one attached hydrogen (secondary N) is 2. The van der Waals surface area contributed by atoms with E-state index in [1.54, 1.807) is 13.2 Å². The Hall–Kier alpha value is -3.44. The Bertz CT molecular complexity index is 1200. The standard InChI is InChI=1S/C21H22FN3O2.C2HF3O2/c1-27-18-6-3-14(4-7-18)20-13-25(9-8-23-20)12-16-10-15-2-5-17(22)11-19(15)24-21(16)26;3-2(4,5)1(6)7/h2-7,10-11,20,23H,8-9,12-13H2,1H3,(H,24,26);(H,6,7). The van der Waals surface area contributed by atoms with Crippen LogP contribution < -0.4 is 15.6 Å². The van der Waals surface area contributed by atoms with Crippen LogP contribution in [-0.2, 0) is 11.3 Å². The molecule has 0 radical (unpaired) electrons. The normalized spacial score (nSPS) is 16.6. The summed E-state index contributed by atoms with van der Waals surface area (Å²) in [6.07, 6.45) is -5.08. The molecule has 2 aromatic carbocycles. The molecule has 0 saturated carbocycles. The van der Waals surface area contributed by atoms with Crippen molar-refractivity contribution in [2.24, 2.45) is 0 Å². The molecule has 1 unspecified atom stereocenters. The van der Waals surface area contributed by atoms with E-state index in [0.29, 0.717) is 17.6 Å². The van der Waals surface area contributed by atoms with Gasteiger partial charge in [0, 0.05) is 37.8 Å². The number of carboxylic acid groups (broad SMARTS) is 1. The summed E-state index contributed by atoms with van der Waals surface area (Å²) >= 11 is 0. The van der Waals surface area contributed by atoms with Gasteiger partial charge in [-0.05, 0) is 47.3 Å². The third-order valence-corrected chi connectivity index (χ3v) is 5.30. The third-order valence-electron chi connectivity index (χ3n) is 5.30. The van der Waals surface area contributed by atoms with Crippen LogP contribution in [0.15, 0.2) is 53.3 Å². The van der Waals surface area contributed by atoms with Gasteiger partial charge in [0.1, 0.15) is 11.6 Å². The number of H-pyrrole nitrogens is 1. The van der Waals surface area contributed by atoms with Crippen molar-refractivity contribution >= 4 is 16.9 Å². The first-order valence-electron chi connectivity index (χ1n) is 10.3. The van der Waals surface area contributed by atoms with Crippen LogP contribution in [0.3, 0.4) is 0 Å². The van der Waals surface area contributed by atoms with Crippen molar-refractivity contribution in [2.75, 3.05) is 26.7 Å². The van der Waals surface area contributed by atoms with Crippen molar-refractivity contribution in [1.29, 1.82) is 0 Å². The van der Waals surface area contributed by atoms with E-state index in [2.05, 4.69) is 27.3 Å². The summed E-state index contributed by atoms with van der Waals surface area (Å²) in [5.41, 5.74) is 2.26. The van der Waals surface area contributed by atoms with Gasteiger partial charge < -0.3 is 20.1 Å². The molecule has 0 aliphatic carbocycles. The minimum Gasteiger partial charge on any atom is -0.497 e. The second-order valence-corrected chi connectivity index (χ2v) is 7.67. The zero-order valence-electron chi connectivity index (χ0n) is 18.2. The predicted molar refractivity (Wildman–Crippen MR) is 117 cm³/mol. The molecule has 1 fully saturated rings. The van der Waals surface area contributed by atoms with E-state index in [0.717, 1.165) is 30.8 Å². The summed E-state index contributed by atoms with van der Waals surface area (Å²) in [5, 5.41) is 11.5. The van der Waals surface area contributed by atoms with Crippen molar-refractivity contribution in [1.82, 2.24) is 15.2 Å². The molecule has 1 aliphatic rings. The number of nitrogens with zero attached hydrogens (tertiary/aromatic N) is 1. The number of carbonyl (C=O) groups is 1. The van der Waals surface area contributed by atoms with Crippen LogP contribution in [0.2, 0.25) is 0 Å². The van der Waals surface area contributed by atoms with E-state index in [4.69, 9.17) is 14.6 Å². The Balaban J connectivity index is 0.000000406. The molecular formula is C23H23F4N3O4. The van der Waals surface area contributed by atoms with Crippen molar-refractivity contribution in [3.05, 3.63) is 75.8 Å². The number of ether oxygens (including phenoxy) is 1. The van der Waals surface area contributed by atoms with Crippen molar-refractivity contribution in [3.63, 3.8) is 0 Å². The minimum atomic E-state index is -5.08. The van der Waals surface area contributed by atoms with Gasteiger partial charge in [-0.2, -0.15) is 13.2 Å². The van der Waals surface area contributed by atoms with Crippen LogP contribution in [0.1, 0.15) is 17.2 Å². The van der Waals surface area contributed by atoms with Gasteiger partial charge in [-0.25, -0.2) is 9.18 Å². The first-order chi connectivity index (χ1) is 16.1. The largest absolute Gasteiger partial charge is 0.497 e. The molecule has 3 aromatic rings. The molecule has 3 N–H and O–H groups in total. The fourth-order valence-corrected chi connectivity index (χ4v) is 3.59. The molecule has 0 spiro atoms. The van der Waals surface area contributed by atoms with Gasteiger partial charge in [0.15, 0.2) is 0 Å². The second kappa shape index (κ2) is 10.7. The monoisotopic (exact) mass is 481 g/mol. The molecule has 34 heavy (non-hydrogen) atoms. The summed E-state index contributed by atoms with van der Waals surface area (Å²) in [5.74, 6) is -2.27. The number of piperazine rings is 1. The second-order valence-electron chi connectivity index (χ2n) is 7.67. The Labute approximate surface area is 192 Å². The minimum absolute atomic E-state index is 0.160. The van der Waals surface area contributed by atoms with E-state index in [1.807, 2.05) is 18.2 Å². The van der Waals surface area contributed by atoms with Crippen LogP contribution in [-0.4, -0.2) is 53.9 Å². The first-order valence-corrected chi connectivity index (χ1v) is 10.3. The SMILES string of the molecule is COc1ccc(C2CN(Cc3cc4ccc(F)cc4[nH]c3=O)CCN2)cc1.O=C(O)C(F)(F)F. The van der Waals surface area contributed by atoms with Gasteiger partial charge in [-0.15, -0.1) is 0 Å². The molecule has 1 aromatic heterocycles. The van der Waals surface area contributed by atoms with Gasteiger partial charge in [-0.3, -0.25) is 9.69 Å². The molecule has 0 bridgehead atoms. The van der Waals surface area contributed by atoms with Gasteiger partial charge in [-0.1, -0.05) is 12.1 Å². The maximum atomic E-state index is 13.3. The van der Waals surface area contributed by atoms with E-state index in [1.165, 1.54) is 17.7 Å². The summed E-state index contributed by atoms with van der Waals surface area (Å²) < 4.78 is 50.3. The topological polar surface area (TPSA) is 94.7 Å². The summed E-state index contributed by atoms with van der Waals surface area (Å²) in [6, 6.07) is 14.6. The number of aromatic amines is 1. The van der Waals surface area contributed by atoms with Crippen LogP contribution >= 0.6 is 0 Å². The number of alkyl halides is 3. The van der Waals surface area contributed by atoms with Crippen LogP contribution in [0.4, 0.5) is 17.6 Å². The Kier molecular flexibility index (Phi) is 7.90. The highest BCUT2D eigenvalue weighted by atomic mass is 19.4. The Morgan fingerprint density at radius 2 is 1.85 bits per heavy atom. The van der Waals surface area contributed by atoms with Gasteiger partial charge in [0.05, 0.1) is 12.6 Å². The summed E-state index contributed by atoms with van der Waals surface area (Å²) in [6.45, 7) is 3.10. The fraction of sp³-hybridized carbons (Fsp3) is 0.304. The zero-order valence-corrected chi connectivity index (χ0v) is 18.2. The van der Waals surface area contributed by atoms with Gasteiger partial charge in [0.25, 0.3) is 5.56 Å². The first kappa shape index (κ1) is 25.2. The lowest BCUT2D eigenvalue weighted by atomic mass is 10.0. The molecule has 182 valence electrons. The summed E-state index contributed by atoms with van der Waals surface area (Å²) in [7, 11) is 1.66. The number of carboxylic acids is 1. The number of hydrogen-bond donors (Lipinski definition) is 3. The van der Waals surface area contributed by atoms with E-state index in [-0.39, 0.29) is 17.4 Å². The number of halogens is 4. The Morgan fingerprint density at radius 1 is 1.18 bits per heavy atom. The maximum Gasteiger partial charge on any atom is 0.490 e. The number of aliphatic carboxylic acids is 1. The molecule has 4 rings (SSSR count). The van der Waals surface area contributed by atoms with E-state index in [9.17, 15) is 22.4 Å². The number of benzene rings is 2. The maximum absolute atomic E-state index is 13.3. The quantitative estimate of drug-likeness (QED) is 0.495. The van der Waals surface area contributed by atoms with Crippen LogP contribution in [0.5, 0.6) is 5.75 Å². The molecule has 1 saturated heterocycles. The van der Waals surface area contributed by atoms with E-state index >= 15 is 0 Å². The smallest absolute Gasteiger partial charge is 0.490 e. The zero-order chi connectivity index (χ0) is 24.9. The predicted octanol–water partition coefficient (Wildman–Crippen LogP) is 3.46. The molecule has 11 heteroatoms. The summed E-state index contributed by atoms with van der Waals surface area (Å²) in [4.78, 5) is 26.4. The Morgan fingerprint density at radius 3 is 2.47 bits per heavy atom. The molecule has 0 amide bonds. The third kappa shape index (κ3) is 6.55. The molecule has 1 aliphatic heterocycles. The molecule has 2 heterocycles. The fourth-order valence-electron chi connectivity index (χ4n) is 3.59. The molecule has 7 nitrogen and oxygen atoms in total. The number of pyridine rings is 1. The number of aromatic nitrogens is 1. The lowest BCUT2D eigenvalue weighted by Gasteiger charge is -2.34. The van der Waals surface area contributed by atoms with Crippen LogP contribution in [0.25, 0.3) is 10.9 Å².